The van der Waals surface area contributed by atoms with E-state index in [1.807, 2.05) is 36.4 Å². The quantitative estimate of drug-likeness (QED) is 0.379. The highest BCUT2D eigenvalue weighted by molar-refractivity contribution is 8.24. The highest BCUT2D eigenvalue weighted by atomic mass is 32.2. The number of benzene rings is 2. The molecule has 2 bridgehead atoms. The summed E-state index contributed by atoms with van der Waals surface area (Å²) < 4.78 is 13.1. The minimum Gasteiger partial charge on any atom is -0.474 e. The molecule has 2 heterocycles. The highest BCUT2D eigenvalue weighted by Gasteiger charge is 2.40. The van der Waals surface area contributed by atoms with Crippen LogP contribution in [0.4, 0.5) is 0 Å². The van der Waals surface area contributed by atoms with Crippen LogP contribution in [0.5, 0.6) is 0 Å². The Kier molecular flexibility index (Phi) is 9.02. The van der Waals surface area contributed by atoms with Gasteiger partial charge in [-0.05, 0) is 61.2 Å². The fourth-order valence-electron chi connectivity index (χ4n) is 3.95. The predicted molar refractivity (Wildman–Crippen MR) is 144 cm³/mol. The Morgan fingerprint density at radius 2 is 1.13 bits per heavy atom. The molecule has 0 saturated carbocycles. The molecule has 7 heteroatoms. The van der Waals surface area contributed by atoms with Gasteiger partial charge in [0.2, 0.25) is 8.77 Å². The van der Waals surface area contributed by atoms with Gasteiger partial charge in [0.1, 0.15) is 13.2 Å². The second kappa shape index (κ2) is 11.9. The summed E-state index contributed by atoms with van der Waals surface area (Å²) in [6, 6.07) is 20.4. The summed E-state index contributed by atoms with van der Waals surface area (Å²) in [7, 11) is 0. The number of fused-ring (bicyclic) bond motifs is 2. The van der Waals surface area contributed by atoms with E-state index in [1.54, 1.807) is 23.5 Å². The number of rotatable bonds is 6. The second-order valence-corrected chi connectivity index (χ2v) is 12.9. The average Bonchev–Trinajstić information content (AvgIpc) is 2.81. The van der Waals surface area contributed by atoms with Crippen molar-refractivity contribution in [3.8, 4) is 0 Å². The molecule has 4 rings (SSSR count). The Morgan fingerprint density at radius 1 is 0.710 bits per heavy atom. The van der Waals surface area contributed by atoms with Gasteiger partial charge in [-0.2, -0.15) is 11.8 Å². The minimum absolute atomic E-state index is 0.553. The number of ether oxygens (including phenoxy) is 2. The average molecular weight is 507 g/mol. The van der Waals surface area contributed by atoms with E-state index in [0.717, 1.165) is 11.1 Å². The molecule has 2 nitrogen and oxygen atoms in total. The first-order valence-electron chi connectivity index (χ1n) is 10.6. The molecule has 4 unspecified atom stereocenters. The Labute approximate surface area is 208 Å². The Morgan fingerprint density at radius 3 is 1.55 bits per heavy atom. The van der Waals surface area contributed by atoms with Gasteiger partial charge >= 0.3 is 0 Å². The fraction of sp³-hybridized carbons (Fsp3) is 0.417. The normalized spacial score (nSPS) is 24.9. The molecule has 2 saturated heterocycles. The van der Waals surface area contributed by atoms with Crippen LogP contribution in [0, 0.1) is 0 Å². The van der Waals surface area contributed by atoms with Crippen molar-refractivity contribution < 1.29 is 9.47 Å². The molecule has 0 aromatic heterocycles. The molecule has 0 amide bonds. The van der Waals surface area contributed by atoms with Crippen LogP contribution in [-0.2, 0) is 22.7 Å². The van der Waals surface area contributed by atoms with E-state index >= 15 is 0 Å². The lowest BCUT2D eigenvalue weighted by molar-refractivity contribution is 0.310. The van der Waals surface area contributed by atoms with Crippen molar-refractivity contribution >= 4 is 68.5 Å². The lowest BCUT2D eigenvalue weighted by atomic mass is 9.98. The molecule has 0 aliphatic carbocycles. The van der Waals surface area contributed by atoms with Gasteiger partial charge in [-0.25, -0.2) is 0 Å². The van der Waals surface area contributed by atoms with Crippen LogP contribution < -0.4 is 0 Å². The van der Waals surface area contributed by atoms with Crippen LogP contribution in [0.25, 0.3) is 0 Å². The third-order valence-corrected chi connectivity index (χ3v) is 10.9. The fourth-order valence-corrected chi connectivity index (χ4v) is 8.98. The molecule has 2 aromatic rings. The standard InChI is InChI=1S/C24H26O2S5/c27-23(25-15-17-7-3-1-4-8-17)30-21-13-11-20-22(14-12-19(21)29-20)31-24(28)26-16-18-9-5-2-6-10-18/h1-10,19-22H,11-16H2. The van der Waals surface area contributed by atoms with Gasteiger partial charge in [0, 0.05) is 21.0 Å². The molecule has 0 spiro atoms. The molecule has 2 aromatic carbocycles. The molecule has 2 fully saturated rings. The lowest BCUT2D eigenvalue weighted by Gasteiger charge is -2.43. The minimum atomic E-state index is 0.553. The zero-order chi connectivity index (χ0) is 21.5. The molecular formula is C24H26O2S5. The van der Waals surface area contributed by atoms with Gasteiger partial charge in [0.05, 0.1) is 0 Å². The molecule has 4 atom stereocenters. The maximum atomic E-state index is 5.85. The van der Waals surface area contributed by atoms with E-state index in [0.29, 0.717) is 43.0 Å². The van der Waals surface area contributed by atoms with Crippen molar-refractivity contribution in [2.45, 2.75) is 59.9 Å². The van der Waals surface area contributed by atoms with Crippen LogP contribution in [-0.4, -0.2) is 29.8 Å². The van der Waals surface area contributed by atoms with Crippen molar-refractivity contribution in [3.05, 3.63) is 71.8 Å². The van der Waals surface area contributed by atoms with Gasteiger partial charge in [0.25, 0.3) is 0 Å². The first-order valence-corrected chi connectivity index (χ1v) is 14.1. The third kappa shape index (κ3) is 7.13. The Balaban J connectivity index is 1.19. The van der Waals surface area contributed by atoms with E-state index in [1.165, 1.54) is 25.7 Å². The van der Waals surface area contributed by atoms with E-state index in [9.17, 15) is 0 Å². The summed E-state index contributed by atoms with van der Waals surface area (Å²) >= 11 is 16.7. The number of thioether (sulfide) groups is 3. The maximum Gasteiger partial charge on any atom is 0.220 e. The van der Waals surface area contributed by atoms with Gasteiger partial charge in [-0.1, -0.05) is 84.2 Å². The maximum absolute atomic E-state index is 5.85. The van der Waals surface area contributed by atoms with E-state index in [-0.39, 0.29) is 0 Å². The van der Waals surface area contributed by atoms with Crippen LogP contribution >= 0.6 is 59.7 Å². The summed E-state index contributed by atoms with van der Waals surface area (Å²) in [6.07, 6.45) is 4.80. The summed E-state index contributed by atoms with van der Waals surface area (Å²) in [6.45, 7) is 1.11. The van der Waals surface area contributed by atoms with Crippen molar-refractivity contribution in [2.75, 3.05) is 0 Å². The van der Waals surface area contributed by atoms with Crippen molar-refractivity contribution in [3.63, 3.8) is 0 Å². The van der Waals surface area contributed by atoms with Gasteiger partial charge in [-0.3, -0.25) is 0 Å². The molecule has 0 radical (unpaired) electrons. The molecule has 0 N–H and O–H groups in total. The molecule has 2 aliphatic heterocycles. The van der Waals surface area contributed by atoms with Crippen molar-refractivity contribution in [1.29, 1.82) is 0 Å². The van der Waals surface area contributed by atoms with Gasteiger partial charge < -0.3 is 9.47 Å². The lowest BCUT2D eigenvalue weighted by Crippen LogP contribution is -2.40. The number of thiocarbonyl (C=S) groups is 2. The topological polar surface area (TPSA) is 18.5 Å². The van der Waals surface area contributed by atoms with E-state index in [2.05, 4.69) is 36.0 Å². The monoisotopic (exact) mass is 506 g/mol. The second-order valence-electron chi connectivity index (χ2n) is 7.73. The number of hydrogen-bond donors (Lipinski definition) is 0. The van der Waals surface area contributed by atoms with Gasteiger partial charge in [-0.15, -0.1) is 0 Å². The Hall–Kier alpha value is -0.730. The molecular weight excluding hydrogens is 481 g/mol. The van der Waals surface area contributed by atoms with Crippen LogP contribution in [0.2, 0.25) is 0 Å². The molecule has 31 heavy (non-hydrogen) atoms. The largest absolute Gasteiger partial charge is 0.474 e. The first kappa shape index (κ1) is 23.4. The van der Waals surface area contributed by atoms with Crippen LogP contribution in [0.3, 0.4) is 0 Å². The SMILES string of the molecule is S=C(OCc1ccccc1)SC1CCC2SC1CCC2SC(=S)OCc1ccccc1. The van der Waals surface area contributed by atoms with Crippen LogP contribution in [0.1, 0.15) is 36.8 Å². The molecule has 2 aliphatic rings. The smallest absolute Gasteiger partial charge is 0.220 e. The van der Waals surface area contributed by atoms with E-state index in [4.69, 9.17) is 33.9 Å². The summed E-state index contributed by atoms with van der Waals surface area (Å²) in [5, 5.41) is 2.41. The first-order chi connectivity index (χ1) is 15.2. The van der Waals surface area contributed by atoms with Crippen LogP contribution in [0.15, 0.2) is 60.7 Å². The summed E-state index contributed by atoms with van der Waals surface area (Å²) in [5.41, 5.74) is 2.32. The zero-order valence-corrected chi connectivity index (χ0v) is 21.3. The molecule has 164 valence electrons. The summed E-state index contributed by atoms with van der Waals surface area (Å²) in [4.78, 5) is 0. The van der Waals surface area contributed by atoms with Crippen molar-refractivity contribution in [2.24, 2.45) is 0 Å². The Bertz CT molecular complexity index is 789. The van der Waals surface area contributed by atoms with Gasteiger partial charge in [0.15, 0.2) is 0 Å². The third-order valence-electron chi connectivity index (χ3n) is 5.54. The van der Waals surface area contributed by atoms with Crippen molar-refractivity contribution in [1.82, 2.24) is 0 Å². The summed E-state index contributed by atoms with van der Waals surface area (Å²) in [5.74, 6) is 0. The zero-order valence-electron chi connectivity index (χ0n) is 17.2. The number of hydrogen-bond acceptors (Lipinski definition) is 7. The van der Waals surface area contributed by atoms with E-state index < -0.39 is 0 Å². The highest BCUT2D eigenvalue weighted by Crippen LogP contribution is 2.49. The predicted octanol–water partition coefficient (Wildman–Crippen LogP) is 7.25.